The lowest BCUT2D eigenvalue weighted by molar-refractivity contribution is -0.115. The molecule has 2 nitrogen and oxygen atoms in total. The van der Waals surface area contributed by atoms with Crippen LogP contribution in [0.25, 0.3) is 0 Å². The summed E-state index contributed by atoms with van der Waals surface area (Å²) in [6, 6.07) is 0. The Morgan fingerprint density at radius 2 is 2.29 bits per heavy atom. The van der Waals surface area contributed by atoms with E-state index in [1.165, 1.54) is 6.92 Å². The van der Waals surface area contributed by atoms with Crippen LogP contribution >= 0.6 is 0 Å². The van der Waals surface area contributed by atoms with Crippen LogP contribution in [0.4, 0.5) is 4.39 Å². The molecule has 0 aromatic heterocycles. The van der Waals surface area contributed by atoms with Gasteiger partial charge in [0.1, 0.15) is 0 Å². The first-order valence-corrected chi connectivity index (χ1v) is 1.96. The zero-order valence-electron chi connectivity index (χ0n) is 3.97. The van der Waals surface area contributed by atoms with Crippen molar-refractivity contribution in [2.75, 3.05) is 0 Å². The Kier molecular flexibility index (Phi) is 2.52. The Morgan fingerprint density at radius 1 is 1.86 bits per heavy atom. The lowest BCUT2D eigenvalue weighted by Gasteiger charge is -1.99. The van der Waals surface area contributed by atoms with E-state index in [0.29, 0.717) is 0 Å². The number of hydrogen-bond donors (Lipinski definition) is 1. The number of hydrogen-bond acceptors (Lipinski definition) is 2. The molecule has 2 unspecified atom stereocenters. The van der Waals surface area contributed by atoms with Gasteiger partial charge in [-0.25, -0.2) is 4.39 Å². The fraction of sp³-hybridized carbons (Fsp3) is 0.750. The van der Waals surface area contributed by atoms with Gasteiger partial charge < -0.3 is 9.90 Å². The predicted octanol–water partition coefficient (Wildman–Crippen LogP) is -0.0958. The molecule has 1 N–H and O–H groups in total. The highest BCUT2D eigenvalue weighted by Gasteiger charge is 2.09. The Bertz CT molecular complexity index is 62.7. The molecule has 0 bridgehead atoms. The van der Waals surface area contributed by atoms with Crippen LogP contribution in [0.3, 0.4) is 0 Å². The minimum Gasteiger partial charge on any atom is -0.390 e. The Hall–Kier alpha value is -0.440. The first-order valence-electron chi connectivity index (χ1n) is 1.96. The second kappa shape index (κ2) is 2.69. The normalized spacial score (nSPS) is 18.1. The van der Waals surface area contributed by atoms with Gasteiger partial charge in [0, 0.05) is 0 Å². The lowest BCUT2D eigenvalue weighted by atomic mass is 10.3. The van der Waals surface area contributed by atoms with Crippen molar-refractivity contribution in [1.82, 2.24) is 0 Å². The fourth-order valence-corrected chi connectivity index (χ4v) is 0.114. The van der Waals surface area contributed by atoms with Crippen molar-refractivity contribution in [3.63, 3.8) is 0 Å². The number of halogens is 1. The van der Waals surface area contributed by atoms with Crippen molar-refractivity contribution >= 4 is 6.29 Å². The molecular formula is C4H7FO2. The second-order valence-electron chi connectivity index (χ2n) is 1.32. The van der Waals surface area contributed by atoms with Crippen LogP contribution in [-0.4, -0.2) is 23.7 Å². The van der Waals surface area contributed by atoms with E-state index in [-0.39, 0.29) is 6.29 Å². The Labute approximate surface area is 41.0 Å². The van der Waals surface area contributed by atoms with Gasteiger partial charge in [-0.15, -0.1) is 0 Å². The zero-order chi connectivity index (χ0) is 5.86. The molecule has 0 saturated heterocycles. The number of aliphatic hydroxyl groups is 1. The van der Waals surface area contributed by atoms with Crippen LogP contribution in [0.2, 0.25) is 0 Å². The van der Waals surface area contributed by atoms with E-state index in [1.54, 1.807) is 0 Å². The van der Waals surface area contributed by atoms with E-state index in [9.17, 15) is 9.18 Å². The molecule has 0 saturated carbocycles. The standard InChI is InChI=1S/C4H7FO2/c1-3(7)4(5)2-6/h2-4,7H,1H3. The summed E-state index contributed by atoms with van der Waals surface area (Å²) >= 11 is 0. The smallest absolute Gasteiger partial charge is 0.180 e. The predicted molar refractivity (Wildman–Crippen MR) is 22.6 cm³/mol. The molecule has 0 aliphatic rings. The van der Waals surface area contributed by atoms with Gasteiger partial charge in [0.25, 0.3) is 0 Å². The van der Waals surface area contributed by atoms with E-state index in [4.69, 9.17) is 5.11 Å². The molecular weight excluding hydrogens is 99.0 g/mol. The summed E-state index contributed by atoms with van der Waals surface area (Å²) in [5, 5.41) is 8.21. The highest BCUT2D eigenvalue weighted by Crippen LogP contribution is 1.91. The summed E-state index contributed by atoms with van der Waals surface area (Å²) in [5.41, 5.74) is 0. The molecule has 3 heteroatoms. The van der Waals surface area contributed by atoms with Crippen LogP contribution < -0.4 is 0 Å². The Morgan fingerprint density at radius 3 is 2.29 bits per heavy atom. The van der Waals surface area contributed by atoms with Gasteiger partial charge in [0.2, 0.25) is 0 Å². The topological polar surface area (TPSA) is 37.3 Å². The highest BCUT2D eigenvalue weighted by molar-refractivity contribution is 5.56. The second-order valence-corrected chi connectivity index (χ2v) is 1.32. The first-order chi connectivity index (χ1) is 3.18. The molecule has 0 aliphatic heterocycles. The van der Waals surface area contributed by atoms with Crippen LogP contribution in [-0.2, 0) is 4.79 Å². The summed E-state index contributed by atoms with van der Waals surface area (Å²) in [6.45, 7) is 1.22. The van der Waals surface area contributed by atoms with Crippen LogP contribution in [0.15, 0.2) is 0 Å². The van der Waals surface area contributed by atoms with Crippen molar-refractivity contribution in [2.45, 2.75) is 19.2 Å². The van der Waals surface area contributed by atoms with Crippen molar-refractivity contribution in [2.24, 2.45) is 0 Å². The number of aliphatic hydroxyl groups excluding tert-OH is 1. The van der Waals surface area contributed by atoms with E-state index < -0.39 is 12.3 Å². The monoisotopic (exact) mass is 106 g/mol. The van der Waals surface area contributed by atoms with E-state index in [1.807, 2.05) is 0 Å². The molecule has 7 heavy (non-hydrogen) atoms. The molecule has 42 valence electrons. The van der Waals surface area contributed by atoms with Gasteiger partial charge in [-0.2, -0.15) is 0 Å². The number of rotatable bonds is 2. The van der Waals surface area contributed by atoms with Gasteiger partial charge in [-0.3, -0.25) is 0 Å². The molecule has 2 atom stereocenters. The summed E-state index contributed by atoms with van der Waals surface area (Å²) in [5.74, 6) is 0. The maximum Gasteiger partial charge on any atom is 0.180 e. The fourth-order valence-electron chi connectivity index (χ4n) is 0.114. The summed E-state index contributed by atoms with van der Waals surface area (Å²) in [7, 11) is 0. The van der Waals surface area contributed by atoms with E-state index in [2.05, 4.69) is 0 Å². The molecule has 0 aliphatic carbocycles. The molecule has 0 spiro atoms. The lowest BCUT2D eigenvalue weighted by Crippen LogP contribution is -2.18. The Balaban J connectivity index is 3.33. The van der Waals surface area contributed by atoms with Gasteiger partial charge in [-0.1, -0.05) is 0 Å². The van der Waals surface area contributed by atoms with Crippen molar-refractivity contribution in [1.29, 1.82) is 0 Å². The van der Waals surface area contributed by atoms with Crippen molar-refractivity contribution < 1.29 is 14.3 Å². The maximum atomic E-state index is 11.6. The molecule has 0 radical (unpaired) electrons. The van der Waals surface area contributed by atoms with E-state index in [0.717, 1.165) is 0 Å². The van der Waals surface area contributed by atoms with Crippen molar-refractivity contribution in [3.05, 3.63) is 0 Å². The molecule has 0 rings (SSSR count). The average molecular weight is 106 g/mol. The SMILES string of the molecule is CC(O)C(F)C=O. The third kappa shape index (κ3) is 2.28. The number of alkyl halides is 1. The van der Waals surface area contributed by atoms with Gasteiger partial charge in [0.05, 0.1) is 6.10 Å². The maximum absolute atomic E-state index is 11.6. The van der Waals surface area contributed by atoms with Gasteiger partial charge in [-0.05, 0) is 6.92 Å². The van der Waals surface area contributed by atoms with Crippen LogP contribution in [0.1, 0.15) is 6.92 Å². The minimum atomic E-state index is -1.72. The first kappa shape index (κ1) is 6.56. The molecule has 0 amide bonds. The van der Waals surface area contributed by atoms with Crippen molar-refractivity contribution in [3.8, 4) is 0 Å². The largest absolute Gasteiger partial charge is 0.390 e. The van der Waals surface area contributed by atoms with Gasteiger partial charge >= 0.3 is 0 Å². The summed E-state index contributed by atoms with van der Waals surface area (Å²) < 4.78 is 11.6. The highest BCUT2D eigenvalue weighted by atomic mass is 19.1. The summed E-state index contributed by atoms with van der Waals surface area (Å²) in [6.07, 6.45) is -2.82. The van der Waals surface area contributed by atoms with Gasteiger partial charge in [0.15, 0.2) is 12.5 Å². The van der Waals surface area contributed by atoms with E-state index >= 15 is 0 Å². The average Bonchev–Trinajstić information content (AvgIpc) is 1.65. The van der Waals surface area contributed by atoms with Crippen LogP contribution in [0.5, 0.6) is 0 Å². The molecule has 0 fully saturated rings. The number of aldehydes is 1. The molecule has 0 aromatic rings. The third-order valence-corrected chi connectivity index (χ3v) is 0.591. The molecule has 0 aromatic carbocycles. The molecule has 0 heterocycles. The number of carbonyl (C=O) groups excluding carboxylic acids is 1. The van der Waals surface area contributed by atoms with Crippen LogP contribution in [0, 0.1) is 0 Å². The third-order valence-electron chi connectivity index (χ3n) is 0.591. The zero-order valence-corrected chi connectivity index (χ0v) is 3.97. The quantitative estimate of drug-likeness (QED) is 0.499. The summed E-state index contributed by atoms with van der Waals surface area (Å²) in [4.78, 5) is 9.41. The minimum absolute atomic E-state index is 0.0741. The number of carbonyl (C=O) groups is 1.